The summed E-state index contributed by atoms with van der Waals surface area (Å²) in [5, 5.41) is 22.9. The summed E-state index contributed by atoms with van der Waals surface area (Å²) in [6.45, 7) is 0.497. The lowest BCUT2D eigenvalue weighted by Gasteiger charge is -2.19. The molecule has 0 unspecified atom stereocenters. The highest BCUT2D eigenvalue weighted by Gasteiger charge is 2.32. The van der Waals surface area contributed by atoms with Crippen molar-refractivity contribution >= 4 is 47.3 Å². The van der Waals surface area contributed by atoms with Gasteiger partial charge >= 0.3 is 5.97 Å². The first-order chi connectivity index (χ1) is 12.3. The molecule has 0 bridgehead atoms. The number of aromatic carboxylic acids is 1. The molecule has 1 amide bonds. The van der Waals surface area contributed by atoms with Crippen molar-refractivity contribution in [3.63, 3.8) is 0 Å². The molecule has 1 aromatic heterocycles. The summed E-state index contributed by atoms with van der Waals surface area (Å²) >= 11 is 6.04. The van der Waals surface area contributed by atoms with E-state index in [9.17, 15) is 9.59 Å². The lowest BCUT2D eigenvalue weighted by Crippen LogP contribution is -2.35. The Bertz CT molecular complexity index is 841. The van der Waals surface area contributed by atoms with E-state index in [1.54, 1.807) is 12.1 Å². The number of carboxylic acid groups (broad SMARTS) is 1. The van der Waals surface area contributed by atoms with Gasteiger partial charge in [-0.05, 0) is 24.6 Å². The first-order valence-corrected chi connectivity index (χ1v) is 8.39. The van der Waals surface area contributed by atoms with Crippen LogP contribution in [0.25, 0.3) is 0 Å². The van der Waals surface area contributed by atoms with E-state index in [1.165, 1.54) is 10.9 Å². The number of nitrogens with one attached hydrogen (secondary N) is 2. The first kappa shape index (κ1) is 20.9. The Kier molecular flexibility index (Phi) is 6.63. The van der Waals surface area contributed by atoms with Gasteiger partial charge in [-0.15, -0.1) is 17.5 Å². The molecule has 3 N–H and O–H groups in total. The summed E-state index contributed by atoms with van der Waals surface area (Å²) in [4.78, 5) is 25.4. The Labute approximate surface area is 167 Å². The van der Waals surface area contributed by atoms with Crippen LogP contribution in [0.4, 0.5) is 11.4 Å². The fourth-order valence-electron chi connectivity index (χ4n) is 2.89. The van der Waals surface area contributed by atoms with E-state index in [-0.39, 0.29) is 30.0 Å². The molecule has 0 radical (unpaired) electrons. The van der Waals surface area contributed by atoms with Crippen molar-refractivity contribution in [1.82, 2.24) is 20.3 Å². The van der Waals surface area contributed by atoms with Crippen LogP contribution in [0.2, 0.25) is 5.02 Å². The Morgan fingerprint density at radius 3 is 2.78 bits per heavy atom. The zero-order valence-electron chi connectivity index (χ0n) is 14.7. The van der Waals surface area contributed by atoms with Gasteiger partial charge in [-0.3, -0.25) is 4.79 Å². The largest absolute Gasteiger partial charge is 0.476 e. The van der Waals surface area contributed by atoms with E-state index in [2.05, 4.69) is 20.9 Å². The van der Waals surface area contributed by atoms with Gasteiger partial charge in [0.05, 0.1) is 29.7 Å². The number of amides is 1. The van der Waals surface area contributed by atoms with Gasteiger partial charge in [-0.25, -0.2) is 9.48 Å². The van der Waals surface area contributed by atoms with Gasteiger partial charge in [0, 0.05) is 25.7 Å². The van der Waals surface area contributed by atoms with E-state index in [1.807, 2.05) is 25.1 Å². The molecule has 146 valence electrons. The van der Waals surface area contributed by atoms with Crippen molar-refractivity contribution in [1.29, 1.82) is 0 Å². The van der Waals surface area contributed by atoms with Crippen LogP contribution in [0.15, 0.2) is 24.4 Å². The second-order valence-electron chi connectivity index (χ2n) is 6.28. The third-order valence-electron chi connectivity index (χ3n) is 4.23. The summed E-state index contributed by atoms with van der Waals surface area (Å²) in [7, 11) is 3.76. The number of carbonyl (C=O) groups excluding carboxylic acids is 1. The number of anilines is 2. The number of nitrogens with zero attached hydrogens (tertiary/aromatic N) is 4. The van der Waals surface area contributed by atoms with Crippen molar-refractivity contribution < 1.29 is 14.7 Å². The van der Waals surface area contributed by atoms with Crippen LogP contribution in [-0.4, -0.2) is 58.7 Å². The SMILES string of the molecule is CN(C)c1ccc(Cl)cc1NC(=O)[C@@H]1C[C@H](n2cc(C(=O)O)nn2)CN1.Cl. The Morgan fingerprint density at radius 2 is 2.15 bits per heavy atom. The molecule has 1 saturated heterocycles. The fraction of sp³-hybridized carbons (Fsp3) is 0.375. The summed E-state index contributed by atoms with van der Waals surface area (Å²) in [5.74, 6) is -1.31. The summed E-state index contributed by atoms with van der Waals surface area (Å²) in [6.07, 6.45) is 1.85. The van der Waals surface area contributed by atoms with Gasteiger partial charge in [0.25, 0.3) is 0 Å². The number of rotatable bonds is 5. The molecule has 9 nitrogen and oxygen atoms in total. The highest BCUT2D eigenvalue weighted by atomic mass is 35.5. The number of carbonyl (C=O) groups is 2. The molecule has 0 aliphatic carbocycles. The quantitative estimate of drug-likeness (QED) is 0.681. The zero-order chi connectivity index (χ0) is 18.8. The molecular formula is C16H20Cl2N6O3. The average Bonchev–Trinajstić information content (AvgIpc) is 3.24. The third kappa shape index (κ3) is 4.68. The molecule has 27 heavy (non-hydrogen) atoms. The van der Waals surface area contributed by atoms with Gasteiger partial charge in [0.2, 0.25) is 5.91 Å². The Morgan fingerprint density at radius 1 is 1.41 bits per heavy atom. The second kappa shape index (κ2) is 8.55. The molecule has 0 spiro atoms. The molecule has 1 aliphatic rings. The lowest BCUT2D eigenvalue weighted by molar-refractivity contribution is -0.117. The normalized spacial score (nSPS) is 18.6. The highest BCUT2D eigenvalue weighted by Crippen LogP contribution is 2.29. The predicted molar refractivity (Wildman–Crippen MR) is 104 cm³/mol. The summed E-state index contributed by atoms with van der Waals surface area (Å²) in [6, 6.07) is 4.75. The number of hydrogen-bond donors (Lipinski definition) is 3. The van der Waals surface area contributed by atoms with Gasteiger partial charge in [-0.1, -0.05) is 16.8 Å². The van der Waals surface area contributed by atoms with Crippen LogP contribution < -0.4 is 15.5 Å². The van der Waals surface area contributed by atoms with Crippen molar-refractivity contribution in [2.75, 3.05) is 30.9 Å². The zero-order valence-corrected chi connectivity index (χ0v) is 16.3. The minimum atomic E-state index is -1.13. The van der Waals surface area contributed by atoms with Gasteiger partial charge < -0.3 is 20.6 Å². The van der Waals surface area contributed by atoms with Crippen molar-refractivity contribution in [2.24, 2.45) is 0 Å². The highest BCUT2D eigenvalue weighted by molar-refractivity contribution is 6.31. The predicted octanol–water partition coefficient (Wildman–Crippen LogP) is 1.66. The van der Waals surface area contributed by atoms with Crippen molar-refractivity contribution in [3.05, 3.63) is 35.1 Å². The molecule has 1 fully saturated rings. The molecule has 2 heterocycles. The molecule has 2 atom stereocenters. The van der Waals surface area contributed by atoms with Crippen molar-refractivity contribution in [3.8, 4) is 0 Å². The Hall–Kier alpha value is -2.36. The van der Waals surface area contributed by atoms with E-state index in [0.717, 1.165) is 5.69 Å². The molecule has 11 heteroatoms. The maximum absolute atomic E-state index is 12.6. The van der Waals surface area contributed by atoms with E-state index in [4.69, 9.17) is 16.7 Å². The van der Waals surface area contributed by atoms with Gasteiger partial charge in [0.1, 0.15) is 0 Å². The molecule has 2 aromatic rings. The maximum Gasteiger partial charge on any atom is 0.358 e. The van der Waals surface area contributed by atoms with Crippen LogP contribution in [0, 0.1) is 0 Å². The number of halogens is 2. The van der Waals surface area contributed by atoms with Gasteiger partial charge in [-0.2, -0.15) is 0 Å². The lowest BCUT2D eigenvalue weighted by atomic mass is 10.1. The molecule has 1 aromatic carbocycles. The minimum Gasteiger partial charge on any atom is -0.476 e. The smallest absolute Gasteiger partial charge is 0.358 e. The van der Waals surface area contributed by atoms with Crippen LogP contribution >= 0.6 is 24.0 Å². The summed E-state index contributed by atoms with van der Waals surface area (Å²) < 4.78 is 1.48. The van der Waals surface area contributed by atoms with E-state index in [0.29, 0.717) is 23.7 Å². The topological polar surface area (TPSA) is 112 Å². The van der Waals surface area contributed by atoms with Crippen molar-refractivity contribution in [2.45, 2.75) is 18.5 Å². The number of hydrogen-bond acceptors (Lipinski definition) is 6. The number of benzene rings is 1. The van der Waals surface area contributed by atoms with Crippen LogP contribution in [-0.2, 0) is 4.79 Å². The molecule has 3 rings (SSSR count). The maximum atomic E-state index is 12.6. The average molecular weight is 415 g/mol. The van der Waals surface area contributed by atoms with Crippen LogP contribution in [0.3, 0.4) is 0 Å². The van der Waals surface area contributed by atoms with Gasteiger partial charge in [0.15, 0.2) is 5.69 Å². The molecule has 1 aliphatic heterocycles. The minimum absolute atomic E-state index is 0. The number of aromatic nitrogens is 3. The van der Waals surface area contributed by atoms with Crippen LogP contribution in [0.5, 0.6) is 0 Å². The first-order valence-electron chi connectivity index (χ1n) is 8.01. The summed E-state index contributed by atoms with van der Waals surface area (Å²) in [5.41, 5.74) is 1.36. The molecule has 0 saturated carbocycles. The fourth-order valence-corrected chi connectivity index (χ4v) is 3.06. The third-order valence-corrected chi connectivity index (χ3v) is 4.46. The monoisotopic (exact) mass is 414 g/mol. The number of carboxylic acids is 1. The molecular weight excluding hydrogens is 395 g/mol. The second-order valence-corrected chi connectivity index (χ2v) is 6.72. The standard InChI is InChI=1S/C16H19ClN6O3.ClH/c1-22(2)14-4-3-9(17)5-11(14)19-15(24)12-6-10(7-18-12)23-8-13(16(25)26)20-21-23;/h3-5,8,10,12,18H,6-7H2,1-2H3,(H,19,24)(H,25,26);1H/t10-,12-;/m0./s1. The van der Waals surface area contributed by atoms with E-state index < -0.39 is 12.0 Å². The van der Waals surface area contributed by atoms with Crippen LogP contribution in [0.1, 0.15) is 23.0 Å². The Balaban J connectivity index is 0.00000261. The van der Waals surface area contributed by atoms with E-state index >= 15 is 0 Å².